The Morgan fingerprint density at radius 1 is 1.10 bits per heavy atom. The Hall–Kier alpha value is -3.81. The number of ether oxygens (including phenoxy) is 1. The molecule has 5 amide bonds. The van der Waals surface area contributed by atoms with Gasteiger partial charge in [0.1, 0.15) is 17.9 Å². The summed E-state index contributed by atoms with van der Waals surface area (Å²) in [5.41, 5.74) is -1.68. The normalized spacial score (nSPS) is 20.6. The molecule has 4 rings (SSSR count). The summed E-state index contributed by atoms with van der Waals surface area (Å²) in [6, 6.07) is 2.19. The van der Waals surface area contributed by atoms with Gasteiger partial charge in [-0.25, -0.2) is 13.6 Å². The lowest BCUT2D eigenvalue weighted by molar-refractivity contribution is -0.138. The fourth-order valence-corrected chi connectivity index (χ4v) is 4.96. The molecule has 0 radical (unpaired) electrons. The molecule has 1 aliphatic carbocycles. The molecular weight excluding hydrogens is 542 g/mol. The summed E-state index contributed by atoms with van der Waals surface area (Å²) in [7, 11) is 3.18. The minimum absolute atomic E-state index is 0.0261. The van der Waals surface area contributed by atoms with Gasteiger partial charge in [-0.3, -0.25) is 24.1 Å². The van der Waals surface area contributed by atoms with Crippen molar-refractivity contribution in [3.05, 3.63) is 29.6 Å². The number of methoxy groups -OCH3 is 1. The number of nitrogens with zero attached hydrogens (tertiary/aromatic N) is 3. The average molecular weight is 579 g/mol. The molecule has 3 aliphatic rings. The largest absolute Gasteiger partial charge is 0.453 e. The van der Waals surface area contributed by atoms with Crippen molar-refractivity contribution < 1.29 is 37.5 Å². The number of alkyl halides is 1. The second-order valence-corrected chi connectivity index (χ2v) is 10.7. The molecule has 3 N–H and O–H groups in total. The number of likely N-dealkylation sites (N-methyl/N-ethyl adjacent to an activating group) is 1. The van der Waals surface area contributed by atoms with Crippen molar-refractivity contribution in [1.29, 1.82) is 0 Å². The van der Waals surface area contributed by atoms with Crippen LogP contribution in [0.1, 0.15) is 31.2 Å². The second kappa shape index (κ2) is 12.8. The van der Waals surface area contributed by atoms with Crippen molar-refractivity contribution in [1.82, 2.24) is 25.3 Å². The van der Waals surface area contributed by atoms with Crippen LogP contribution in [0.25, 0.3) is 0 Å². The van der Waals surface area contributed by atoms with Gasteiger partial charge in [0.2, 0.25) is 17.7 Å². The summed E-state index contributed by atoms with van der Waals surface area (Å²) in [5, 5.41) is 7.31. The Morgan fingerprint density at radius 3 is 2.44 bits per heavy atom. The maximum atomic E-state index is 14.9. The van der Waals surface area contributed by atoms with Gasteiger partial charge in [0.05, 0.1) is 19.3 Å². The first-order valence-electron chi connectivity index (χ1n) is 13.7. The molecule has 0 aromatic heterocycles. The number of nitrogens with one attached hydrogen (secondary N) is 3. The van der Waals surface area contributed by atoms with Gasteiger partial charge < -0.3 is 30.5 Å². The monoisotopic (exact) mass is 578 g/mol. The number of carbonyl (C=O) groups is 5. The summed E-state index contributed by atoms with van der Waals surface area (Å²) >= 11 is 0. The lowest BCUT2D eigenvalue weighted by Gasteiger charge is -2.35. The van der Waals surface area contributed by atoms with E-state index in [-0.39, 0.29) is 30.9 Å². The maximum absolute atomic E-state index is 14.9. The van der Waals surface area contributed by atoms with E-state index < -0.39 is 53.9 Å². The molecule has 2 heterocycles. The number of halogens is 2. The Morgan fingerprint density at radius 2 is 1.80 bits per heavy atom. The van der Waals surface area contributed by atoms with Gasteiger partial charge in [0, 0.05) is 39.1 Å². The zero-order chi connectivity index (χ0) is 29.7. The molecular formula is C27H36F2N6O6. The molecule has 2 atom stereocenters. The average Bonchev–Trinajstić information content (AvgIpc) is 3.51. The molecule has 0 spiro atoms. The predicted molar refractivity (Wildman–Crippen MR) is 143 cm³/mol. The first-order valence-corrected chi connectivity index (χ1v) is 13.7. The van der Waals surface area contributed by atoms with Crippen molar-refractivity contribution in [3.8, 4) is 0 Å². The summed E-state index contributed by atoms with van der Waals surface area (Å²) in [6.45, 7) is 2.13. The molecule has 1 saturated carbocycles. The van der Waals surface area contributed by atoms with Crippen molar-refractivity contribution in [2.45, 2.75) is 49.9 Å². The summed E-state index contributed by atoms with van der Waals surface area (Å²) in [4.78, 5) is 67.7. The Balaban J connectivity index is 1.43. The van der Waals surface area contributed by atoms with E-state index >= 15 is 0 Å². The van der Waals surface area contributed by atoms with Crippen molar-refractivity contribution in [2.24, 2.45) is 0 Å². The highest BCUT2D eigenvalue weighted by Gasteiger charge is 2.50. The highest BCUT2D eigenvalue weighted by Crippen LogP contribution is 2.39. The van der Waals surface area contributed by atoms with Crippen molar-refractivity contribution >= 4 is 35.4 Å². The number of carbonyl (C=O) groups excluding carboxylic acids is 5. The first kappa shape index (κ1) is 30.2. The number of likely N-dealkylation sites (tertiary alicyclic amines) is 1. The SMILES string of the molecule is COC(=O)N1CCCC1C(=O)NC(Cc1ccc(NC(=O)CNC(=O)C2(F)CC2)c(F)c1)C(=O)N1CCN(C)CC1. The van der Waals surface area contributed by atoms with E-state index in [9.17, 15) is 32.8 Å². The van der Waals surface area contributed by atoms with E-state index in [4.69, 9.17) is 4.74 Å². The van der Waals surface area contributed by atoms with Crippen LogP contribution < -0.4 is 16.0 Å². The van der Waals surface area contributed by atoms with Crippen LogP contribution in [0.3, 0.4) is 0 Å². The predicted octanol–water partition coefficient (Wildman–Crippen LogP) is 0.415. The number of amides is 5. The number of anilines is 1. The third-order valence-electron chi connectivity index (χ3n) is 7.65. The lowest BCUT2D eigenvalue weighted by atomic mass is 10.0. The summed E-state index contributed by atoms with van der Waals surface area (Å²) in [6.07, 6.45) is 0.605. The standard InChI is InChI=1S/C27H36F2N6O6/c1-33-10-12-34(13-11-33)24(38)20(32-23(37)21-4-3-9-35(21)26(40)41-2)15-17-5-6-19(18(28)14-17)31-22(36)16-30-25(39)27(29)7-8-27/h5-6,14,20-21H,3-4,7-13,15-16H2,1-2H3,(H,30,39)(H,31,36)(H,32,37). The van der Waals surface area contributed by atoms with Gasteiger partial charge in [-0.05, 0) is 50.4 Å². The zero-order valence-electron chi connectivity index (χ0n) is 23.2. The lowest BCUT2D eigenvalue weighted by Crippen LogP contribution is -2.57. The van der Waals surface area contributed by atoms with E-state index in [1.165, 1.54) is 24.1 Å². The minimum atomic E-state index is -1.92. The summed E-state index contributed by atoms with van der Waals surface area (Å²) < 4.78 is 33.5. The first-order chi connectivity index (χ1) is 19.5. The third kappa shape index (κ3) is 7.48. The molecule has 14 heteroatoms. The van der Waals surface area contributed by atoms with E-state index in [2.05, 4.69) is 20.9 Å². The Kier molecular flexibility index (Phi) is 9.41. The van der Waals surface area contributed by atoms with Gasteiger partial charge >= 0.3 is 6.09 Å². The topological polar surface area (TPSA) is 140 Å². The van der Waals surface area contributed by atoms with Crippen LogP contribution >= 0.6 is 0 Å². The molecule has 2 unspecified atom stereocenters. The smallest absolute Gasteiger partial charge is 0.410 e. The van der Waals surface area contributed by atoms with Crippen LogP contribution in [-0.4, -0.2) is 116 Å². The molecule has 224 valence electrons. The molecule has 1 aromatic rings. The van der Waals surface area contributed by atoms with Gasteiger partial charge in [0.15, 0.2) is 5.67 Å². The highest BCUT2D eigenvalue weighted by molar-refractivity contribution is 5.97. The number of piperazine rings is 1. The van der Waals surface area contributed by atoms with Gasteiger partial charge in [0.25, 0.3) is 5.91 Å². The second-order valence-electron chi connectivity index (χ2n) is 10.7. The summed E-state index contributed by atoms with van der Waals surface area (Å²) in [5.74, 6) is -3.18. The van der Waals surface area contributed by atoms with E-state index in [1.54, 1.807) is 4.90 Å². The van der Waals surface area contributed by atoms with Crippen LogP contribution in [0, 0.1) is 5.82 Å². The molecule has 3 fully saturated rings. The quantitative estimate of drug-likeness (QED) is 0.386. The molecule has 2 aliphatic heterocycles. The van der Waals surface area contributed by atoms with Crippen molar-refractivity contribution in [3.63, 3.8) is 0 Å². The number of hydrogen-bond donors (Lipinski definition) is 3. The van der Waals surface area contributed by atoms with Crippen molar-refractivity contribution in [2.75, 3.05) is 58.7 Å². The minimum Gasteiger partial charge on any atom is -0.453 e. The van der Waals surface area contributed by atoms with Crippen LogP contribution in [-0.2, 0) is 30.3 Å². The fourth-order valence-electron chi connectivity index (χ4n) is 4.96. The molecule has 0 bridgehead atoms. The highest BCUT2D eigenvalue weighted by atomic mass is 19.1. The number of rotatable bonds is 9. The van der Waals surface area contributed by atoms with Gasteiger partial charge in [-0.1, -0.05) is 6.07 Å². The fraction of sp³-hybridized carbons (Fsp3) is 0.593. The zero-order valence-corrected chi connectivity index (χ0v) is 23.2. The van der Waals surface area contributed by atoms with Crippen LogP contribution in [0.15, 0.2) is 18.2 Å². The number of benzene rings is 1. The van der Waals surface area contributed by atoms with Gasteiger partial charge in [-0.15, -0.1) is 0 Å². The van der Waals surface area contributed by atoms with Crippen LogP contribution in [0.5, 0.6) is 0 Å². The Labute approximate surface area is 236 Å². The van der Waals surface area contributed by atoms with E-state index in [0.717, 1.165) is 6.07 Å². The third-order valence-corrected chi connectivity index (χ3v) is 7.65. The molecule has 41 heavy (non-hydrogen) atoms. The molecule has 2 saturated heterocycles. The molecule has 1 aromatic carbocycles. The van der Waals surface area contributed by atoms with E-state index in [1.807, 2.05) is 7.05 Å². The van der Waals surface area contributed by atoms with Crippen LogP contribution in [0.2, 0.25) is 0 Å². The maximum Gasteiger partial charge on any atom is 0.410 e. The Bertz CT molecular complexity index is 1190. The number of hydrogen-bond acceptors (Lipinski definition) is 7. The van der Waals surface area contributed by atoms with Crippen LogP contribution in [0.4, 0.5) is 19.3 Å². The van der Waals surface area contributed by atoms with E-state index in [0.29, 0.717) is 51.1 Å². The van der Waals surface area contributed by atoms with Gasteiger partial charge in [-0.2, -0.15) is 0 Å². The molecule has 12 nitrogen and oxygen atoms in total.